The number of carbonyl (C=O) groups excluding carboxylic acids is 1. The topological polar surface area (TPSA) is 55.3 Å². The number of hydrogen-bond acceptors (Lipinski definition) is 5. The number of ether oxygens (including phenoxy) is 1. The molecule has 5 nitrogen and oxygen atoms in total. The normalized spacial score (nSPS) is 17.8. The zero-order chi connectivity index (χ0) is 16.1. The molecule has 0 saturated carbocycles. The number of likely N-dealkylation sites (tertiary alicyclic amines) is 1. The van der Waals surface area contributed by atoms with Gasteiger partial charge in [-0.1, -0.05) is 12.1 Å². The molecule has 6 heteroatoms. The molecule has 1 amide bonds. The Labute approximate surface area is 140 Å². The van der Waals surface area contributed by atoms with Gasteiger partial charge in [0.05, 0.1) is 12.1 Å². The van der Waals surface area contributed by atoms with Gasteiger partial charge in [0.15, 0.2) is 0 Å². The van der Waals surface area contributed by atoms with Gasteiger partial charge in [-0.25, -0.2) is 9.97 Å². The molecule has 1 aliphatic rings. The fraction of sp³-hybridized carbons (Fsp3) is 0.353. The molecule has 0 aliphatic carbocycles. The zero-order valence-corrected chi connectivity index (χ0v) is 13.8. The smallest absolute Gasteiger partial charge is 0.255 e. The fourth-order valence-corrected chi connectivity index (χ4v) is 3.32. The maximum Gasteiger partial charge on any atom is 0.255 e. The van der Waals surface area contributed by atoms with Gasteiger partial charge in [0.1, 0.15) is 12.4 Å². The van der Waals surface area contributed by atoms with Crippen LogP contribution >= 0.6 is 11.8 Å². The summed E-state index contributed by atoms with van der Waals surface area (Å²) in [5.41, 5.74) is 0.766. The van der Waals surface area contributed by atoms with Crippen LogP contribution in [-0.4, -0.2) is 46.2 Å². The highest BCUT2D eigenvalue weighted by molar-refractivity contribution is 7.98. The van der Waals surface area contributed by atoms with Gasteiger partial charge in [0.2, 0.25) is 5.88 Å². The van der Waals surface area contributed by atoms with Crippen LogP contribution in [0.25, 0.3) is 0 Å². The van der Waals surface area contributed by atoms with E-state index in [0.29, 0.717) is 12.4 Å². The molecule has 0 spiro atoms. The minimum absolute atomic E-state index is 0.0240. The predicted octanol–water partition coefficient (Wildman–Crippen LogP) is 2.88. The van der Waals surface area contributed by atoms with Crippen molar-refractivity contribution in [2.24, 2.45) is 0 Å². The Hall–Kier alpha value is -2.08. The van der Waals surface area contributed by atoms with E-state index in [0.717, 1.165) is 29.8 Å². The summed E-state index contributed by atoms with van der Waals surface area (Å²) in [5.74, 6) is 0.634. The first kappa shape index (κ1) is 15.8. The maximum atomic E-state index is 12.8. The maximum absolute atomic E-state index is 12.8. The molecule has 1 saturated heterocycles. The summed E-state index contributed by atoms with van der Waals surface area (Å²) >= 11 is 1.60. The van der Waals surface area contributed by atoms with Crippen molar-refractivity contribution in [2.45, 2.75) is 23.8 Å². The molecule has 1 atom stereocenters. The highest BCUT2D eigenvalue weighted by atomic mass is 32.2. The number of aromatic nitrogens is 2. The zero-order valence-electron chi connectivity index (χ0n) is 13.0. The van der Waals surface area contributed by atoms with Crippen molar-refractivity contribution in [2.75, 3.05) is 19.3 Å². The summed E-state index contributed by atoms with van der Waals surface area (Å²) in [5, 5.41) is 0. The van der Waals surface area contributed by atoms with Gasteiger partial charge in [-0.05, 0) is 31.2 Å². The highest BCUT2D eigenvalue weighted by Gasteiger charge is 2.26. The Morgan fingerprint density at radius 1 is 1.35 bits per heavy atom. The highest BCUT2D eigenvalue weighted by Crippen LogP contribution is 2.24. The summed E-state index contributed by atoms with van der Waals surface area (Å²) < 4.78 is 5.88. The van der Waals surface area contributed by atoms with Crippen LogP contribution in [-0.2, 0) is 0 Å². The lowest BCUT2D eigenvalue weighted by Crippen LogP contribution is -2.44. The molecule has 0 N–H and O–H groups in total. The lowest BCUT2D eigenvalue weighted by molar-refractivity contribution is 0.0524. The van der Waals surface area contributed by atoms with Crippen molar-refractivity contribution in [3.8, 4) is 5.88 Å². The van der Waals surface area contributed by atoms with Gasteiger partial charge in [0, 0.05) is 23.7 Å². The number of rotatable bonds is 4. The van der Waals surface area contributed by atoms with Gasteiger partial charge >= 0.3 is 0 Å². The molecule has 2 aromatic rings. The van der Waals surface area contributed by atoms with Crippen molar-refractivity contribution in [3.05, 3.63) is 48.4 Å². The van der Waals surface area contributed by atoms with Crippen molar-refractivity contribution in [3.63, 3.8) is 0 Å². The first-order valence-corrected chi connectivity index (χ1v) is 8.85. The minimum atomic E-state index is -0.0240. The van der Waals surface area contributed by atoms with Gasteiger partial charge in [-0.15, -0.1) is 11.8 Å². The fourth-order valence-electron chi connectivity index (χ4n) is 2.73. The monoisotopic (exact) mass is 329 g/mol. The Kier molecular flexibility index (Phi) is 5.12. The molecule has 120 valence electrons. The summed E-state index contributed by atoms with van der Waals surface area (Å²) in [6.07, 6.45) is 6.95. The largest absolute Gasteiger partial charge is 0.472 e. The summed E-state index contributed by atoms with van der Waals surface area (Å²) in [6, 6.07) is 9.48. The molecule has 2 heterocycles. The number of hydrogen-bond donors (Lipinski definition) is 0. The summed E-state index contributed by atoms with van der Waals surface area (Å²) in [6.45, 7) is 1.36. The van der Waals surface area contributed by atoms with Crippen LogP contribution < -0.4 is 4.74 Å². The van der Waals surface area contributed by atoms with Gasteiger partial charge < -0.3 is 9.64 Å². The van der Waals surface area contributed by atoms with Crippen LogP contribution in [0.2, 0.25) is 0 Å². The van der Waals surface area contributed by atoms with E-state index in [1.807, 2.05) is 35.4 Å². The second kappa shape index (κ2) is 7.46. The first-order valence-electron chi connectivity index (χ1n) is 7.63. The molecule has 23 heavy (non-hydrogen) atoms. The second-order valence-electron chi connectivity index (χ2n) is 5.38. The molecule has 3 rings (SSSR count). The third kappa shape index (κ3) is 3.82. The van der Waals surface area contributed by atoms with Gasteiger partial charge in [-0.2, -0.15) is 0 Å². The molecule has 0 bridgehead atoms. The molecule has 1 aromatic carbocycles. The SMILES string of the molecule is CSc1ccccc1C(=O)N1CCC[C@@H](Oc2ccncn2)C1. The average Bonchev–Trinajstić information content (AvgIpc) is 2.62. The third-order valence-corrected chi connectivity index (χ3v) is 4.64. The Balaban J connectivity index is 1.69. The number of piperidine rings is 1. The quantitative estimate of drug-likeness (QED) is 0.807. The van der Waals surface area contributed by atoms with Crippen LogP contribution in [0, 0.1) is 0 Å². The van der Waals surface area contributed by atoms with E-state index < -0.39 is 0 Å². The molecule has 1 aliphatic heterocycles. The Bertz CT molecular complexity index is 666. The molecule has 1 fully saturated rings. The first-order chi connectivity index (χ1) is 11.3. The number of nitrogens with zero attached hydrogens (tertiary/aromatic N) is 3. The lowest BCUT2D eigenvalue weighted by Gasteiger charge is -2.33. The average molecular weight is 329 g/mol. The van der Waals surface area contributed by atoms with Crippen molar-refractivity contribution >= 4 is 17.7 Å². The molecular formula is C17H19N3O2S. The van der Waals surface area contributed by atoms with E-state index in [-0.39, 0.29) is 12.0 Å². The molecule has 1 aromatic heterocycles. The van der Waals surface area contributed by atoms with Crippen molar-refractivity contribution in [1.29, 1.82) is 0 Å². The standard InChI is InChI=1S/C17H19N3O2S/c1-23-15-7-3-2-6-14(15)17(21)20-10-4-5-13(11-20)22-16-8-9-18-12-19-16/h2-3,6-9,12-13H,4-5,10-11H2,1H3/t13-/m1/s1. The lowest BCUT2D eigenvalue weighted by atomic mass is 10.1. The predicted molar refractivity (Wildman–Crippen MR) is 89.8 cm³/mol. The minimum Gasteiger partial charge on any atom is -0.472 e. The number of benzene rings is 1. The third-order valence-electron chi connectivity index (χ3n) is 3.84. The van der Waals surface area contributed by atoms with E-state index in [2.05, 4.69) is 9.97 Å². The van der Waals surface area contributed by atoms with E-state index >= 15 is 0 Å². The number of carbonyl (C=O) groups is 1. The van der Waals surface area contributed by atoms with Crippen LogP contribution in [0.15, 0.2) is 47.8 Å². The summed E-state index contributed by atoms with van der Waals surface area (Å²) in [4.78, 5) is 23.7. The van der Waals surface area contributed by atoms with Crippen LogP contribution in [0.4, 0.5) is 0 Å². The van der Waals surface area contributed by atoms with Crippen molar-refractivity contribution in [1.82, 2.24) is 14.9 Å². The van der Waals surface area contributed by atoms with Gasteiger partial charge in [-0.3, -0.25) is 4.79 Å². The molecular weight excluding hydrogens is 310 g/mol. The van der Waals surface area contributed by atoms with E-state index in [9.17, 15) is 4.79 Å². The Morgan fingerprint density at radius 2 is 2.22 bits per heavy atom. The number of amides is 1. The van der Waals surface area contributed by atoms with E-state index in [4.69, 9.17) is 4.74 Å². The van der Waals surface area contributed by atoms with E-state index in [1.165, 1.54) is 6.33 Å². The second-order valence-corrected chi connectivity index (χ2v) is 6.23. The van der Waals surface area contributed by atoms with E-state index in [1.54, 1.807) is 24.0 Å². The van der Waals surface area contributed by atoms with Gasteiger partial charge in [0.25, 0.3) is 5.91 Å². The van der Waals surface area contributed by atoms with Crippen LogP contribution in [0.5, 0.6) is 5.88 Å². The molecule has 0 radical (unpaired) electrons. The summed E-state index contributed by atoms with van der Waals surface area (Å²) in [7, 11) is 0. The molecule has 0 unspecified atom stereocenters. The number of thioether (sulfide) groups is 1. The van der Waals surface area contributed by atoms with Crippen LogP contribution in [0.1, 0.15) is 23.2 Å². The van der Waals surface area contributed by atoms with Crippen molar-refractivity contribution < 1.29 is 9.53 Å². The van der Waals surface area contributed by atoms with Crippen LogP contribution in [0.3, 0.4) is 0 Å². The Morgan fingerprint density at radius 3 is 3.00 bits per heavy atom.